The number of hydrogen-bond donors (Lipinski definition) is 2. The molecule has 0 spiro atoms. The lowest BCUT2D eigenvalue weighted by atomic mass is 10.2. The highest BCUT2D eigenvalue weighted by atomic mass is 16.3. The summed E-state index contributed by atoms with van der Waals surface area (Å²) >= 11 is 0. The normalized spacial score (nSPS) is 21.2. The van der Waals surface area contributed by atoms with E-state index in [0.717, 1.165) is 25.7 Å². The zero-order chi connectivity index (χ0) is 13.0. The van der Waals surface area contributed by atoms with E-state index in [1.165, 1.54) is 0 Å². The van der Waals surface area contributed by atoms with Gasteiger partial charge in [0.2, 0.25) is 0 Å². The quantitative estimate of drug-likeness (QED) is 0.713. The SMILES string of the molecule is CC.CC.O=C[C@@H](CO)N1CCCC1CO. The molecule has 1 aliphatic heterocycles. The van der Waals surface area contributed by atoms with Gasteiger partial charge >= 0.3 is 0 Å². The predicted octanol–water partition coefficient (Wildman–Crippen LogP) is 1.06. The summed E-state index contributed by atoms with van der Waals surface area (Å²) in [7, 11) is 0. The maximum absolute atomic E-state index is 10.5. The van der Waals surface area contributed by atoms with Gasteiger partial charge in [-0.15, -0.1) is 0 Å². The third-order valence-corrected chi connectivity index (χ3v) is 2.40. The zero-order valence-corrected chi connectivity index (χ0v) is 11.0. The lowest BCUT2D eigenvalue weighted by Crippen LogP contribution is -2.43. The van der Waals surface area contributed by atoms with Gasteiger partial charge in [0, 0.05) is 6.04 Å². The molecule has 0 aromatic carbocycles. The molecule has 1 aliphatic rings. The fourth-order valence-corrected chi connectivity index (χ4v) is 1.72. The molecule has 0 bridgehead atoms. The molecule has 0 aromatic rings. The molecule has 1 heterocycles. The third kappa shape index (κ3) is 5.58. The Bertz CT molecular complexity index is 153. The molecule has 0 radical (unpaired) electrons. The second kappa shape index (κ2) is 12.6. The van der Waals surface area contributed by atoms with E-state index >= 15 is 0 Å². The van der Waals surface area contributed by atoms with Crippen LogP contribution in [0.2, 0.25) is 0 Å². The molecular weight excluding hydrogens is 206 g/mol. The van der Waals surface area contributed by atoms with Crippen LogP contribution in [0.5, 0.6) is 0 Å². The molecule has 16 heavy (non-hydrogen) atoms. The summed E-state index contributed by atoms with van der Waals surface area (Å²) in [6, 6.07) is -0.364. The molecule has 4 nitrogen and oxygen atoms in total. The maximum atomic E-state index is 10.5. The van der Waals surface area contributed by atoms with Crippen LogP contribution in [0.1, 0.15) is 40.5 Å². The highest BCUT2D eigenvalue weighted by Gasteiger charge is 2.29. The molecule has 98 valence electrons. The number of carbonyl (C=O) groups is 1. The van der Waals surface area contributed by atoms with Crippen molar-refractivity contribution in [1.82, 2.24) is 4.90 Å². The molecule has 0 aliphatic carbocycles. The fraction of sp³-hybridized carbons (Fsp3) is 0.917. The Morgan fingerprint density at radius 1 is 1.31 bits per heavy atom. The van der Waals surface area contributed by atoms with Gasteiger partial charge in [-0.3, -0.25) is 4.90 Å². The van der Waals surface area contributed by atoms with E-state index in [4.69, 9.17) is 10.2 Å². The number of carbonyl (C=O) groups excluding carboxylic acids is 1. The number of rotatable bonds is 4. The molecule has 2 N–H and O–H groups in total. The second-order valence-electron chi connectivity index (χ2n) is 3.10. The van der Waals surface area contributed by atoms with Gasteiger partial charge in [-0.05, 0) is 19.4 Å². The van der Waals surface area contributed by atoms with E-state index in [0.29, 0.717) is 0 Å². The summed E-state index contributed by atoms with van der Waals surface area (Å²) in [5, 5.41) is 17.8. The molecule has 0 saturated carbocycles. The highest BCUT2D eigenvalue weighted by Crippen LogP contribution is 2.18. The maximum Gasteiger partial charge on any atom is 0.139 e. The average molecular weight is 233 g/mol. The van der Waals surface area contributed by atoms with Crippen LogP contribution >= 0.6 is 0 Å². The van der Waals surface area contributed by atoms with Gasteiger partial charge in [-0.25, -0.2) is 0 Å². The first-order valence-electron chi connectivity index (χ1n) is 6.26. The van der Waals surface area contributed by atoms with Gasteiger partial charge in [-0.2, -0.15) is 0 Å². The molecule has 0 amide bonds. The fourth-order valence-electron chi connectivity index (χ4n) is 1.72. The van der Waals surface area contributed by atoms with Crippen LogP contribution in [-0.2, 0) is 4.79 Å². The monoisotopic (exact) mass is 233 g/mol. The van der Waals surface area contributed by atoms with E-state index in [-0.39, 0.29) is 19.3 Å². The van der Waals surface area contributed by atoms with Gasteiger partial charge in [0.1, 0.15) is 6.29 Å². The van der Waals surface area contributed by atoms with Crippen molar-refractivity contribution in [3.8, 4) is 0 Å². The topological polar surface area (TPSA) is 60.8 Å². The number of nitrogens with zero attached hydrogens (tertiary/aromatic N) is 1. The van der Waals surface area contributed by atoms with Crippen LogP contribution in [0, 0.1) is 0 Å². The van der Waals surface area contributed by atoms with Crippen molar-refractivity contribution in [3.05, 3.63) is 0 Å². The first-order valence-corrected chi connectivity index (χ1v) is 6.26. The summed E-state index contributed by atoms with van der Waals surface area (Å²) in [6.45, 7) is 8.72. The van der Waals surface area contributed by atoms with E-state index in [1.807, 2.05) is 32.6 Å². The van der Waals surface area contributed by atoms with E-state index in [9.17, 15) is 4.79 Å². The van der Waals surface area contributed by atoms with Crippen molar-refractivity contribution in [2.24, 2.45) is 0 Å². The largest absolute Gasteiger partial charge is 0.395 e. The van der Waals surface area contributed by atoms with Crippen molar-refractivity contribution in [2.45, 2.75) is 52.6 Å². The van der Waals surface area contributed by atoms with Crippen LogP contribution in [0.3, 0.4) is 0 Å². The number of aliphatic hydroxyl groups excluding tert-OH is 2. The average Bonchev–Trinajstić information content (AvgIpc) is 2.84. The van der Waals surface area contributed by atoms with Crippen molar-refractivity contribution < 1.29 is 15.0 Å². The van der Waals surface area contributed by atoms with Crippen LogP contribution in [0.4, 0.5) is 0 Å². The minimum atomic E-state index is -0.426. The number of aliphatic hydroxyl groups is 2. The van der Waals surface area contributed by atoms with Gasteiger partial charge in [-0.1, -0.05) is 27.7 Å². The van der Waals surface area contributed by atoms with E-state index in [2.05, 4.69) is 0 Å². The zero-order valence-electron chi connectivity index (χ0n) is 11.0. The van der Waals surface area contributed by atoms with Gasteiger partial charge < -0.3 is 15.0 Å². The highest BCUT2D eigenvalue weighted by molar-refractivity contribution is 5.57. The first kappa shape index (κ1) is 17.9. The first-order chi connectivity index (χ1) is 7.83. The van der Waals surface area contributed by atoms with Gasteiger partial charge in [0.25, 0.3) is 0 Å². The molecular formula is C12H27NO3. The standard InChI is InChI=1S/C8H15NO3.2C2H6/c10-4-7-2-1-3-9(7)8(5-11)6-12;2*1-2/h5,7-8,10,12H,1-4,6H2;2*1-2H3/t7?,8-;;/m0../s1. The van der Waals surface area contributed by atoms with Crippen molar-refractivity contribution in [3.63, 3.8) is 0 Å². The van der Waals surface area contributed by atoms with Gasteiger partial charge in [0.05, 0.1) is 19.3 Å². The second-order valence-corrected chi connectivity index (χ2v) is 3.10. The predicted molar refractivity (Wildman–Crippen MR) is 66.4 cm³/mol. The smallest absolute Gasteiger partial charge is 0.139 e. The Hall–Kier alpha value is -0.450. The number of aldehydes is 1. The molecule has 1 fully saturated rings. The Morgan fingerprint density at radius 3 is 2.25 bits per heavy atom. The minimum Gasteiger partial charge on any atom is -0.395 e. The van der Waals surface area contributed by atoms with E-state index in [1.54, 1.807) is 0 Å². The van der Waals surface area contributed by atoms with Crippen LogP contribution in [0.15, 0.2) is 0 Å². The Morgan fingerprint density at radius 2 is 1.88 bits per heavy atom. The van der Waals surface area contributed by atoms with Crippen molar-refractivity contribution in [2.75, 3.05) is 19.8 Å². The summed E-state index contributed by atoms with van der Waals surface area (Å²) in [5.41, 5.74) is 0. The molecule has 2 atom stereocenters. The van der Waals surface area contributed by atoms with Gasteiger partial charge in [0.15, 0.2) is 0 Å². The number of hydrogen-bond acceptors (Lipinski definition) is 4. The molecule has 1 rings (SSSR count). The Kier molecular flexibility index (Phi) is 14.1. The number of likely N-dealkylation sites (tertiary alicyclic amines) is 1. The van der Waals surface area contributed by atoms with Crippen LogP contribution in [0.25, 0.3) is 0 Å². The lowest BCUT2D eigenvalue weighted by Gasteiger charge is -2.26. The lowest BCUT2D eigenvalue weighted by molar-refractivity contribution is -0.114. The van der Waals surface area contributed by atoms with E-state index < -0.39 is 6.04 Å². The molecule has 1 saturated heterocycles. The molecule has 1 unspecified atom stereocenters. The summed E-state index contributed by atoms with van der Waals surface area (Å²) < 4.78 is 0. The summed E-state index contributed by atoms with van der Waals surface area (Å²) in [4.78, 5) is 12.4. The van der Waals surface area contributed by atoms with Crippen molar-refractivity contribution in [1.29, 1.82) is 0 Å². The Balaban J connectivity index is 0. The van der Waals surface area contributed by atoms with Crippen LogP contribution in [-0.4, -0.2) is 53.2 Å². The third-order valence-electron chi connectivity index (χ3n) is 2.40. The molecule has 0 aromatic heterocycles. The van der Waals surface area contributed by atoms with Crippen molar-refractivity contribution >= 4 is 6.29 Å². The minimum absolute atomic E-state index is 0.0624. The Labute approximate surface area is 99.3 Å². The molecule has 4 heteroatoms. The van der Waals surface area contributed by atoms with Crippen LogP contribution < -0.4 is 0 Å². The summed E-state index contributed by atoms with van der Waals surface area (Å²) in [6.07, 6.45) is 2.66. The summed E-state index contributed by atoms with van der Waals surface area (Å²) in [5.74, 6) is 0.